The second-order valence-corrected chi connectivity index (χ2v) is 4.77. The quantitative estimate of drug-likeness (QED) is 0.558. The van der Waals surface area contributed by atoms with Crippen LogP contribution in [-0.4, -0.2) is 24.6 Å². The number of aliphatic hydroxyl groups is 1. The first-order chi connectivity index (χ1) is 7.88. The molecule has 0 spiro atoms. The first kappa shape index (κ1) is 13.4. The van der Waals surface area contributed by atoms with Crippen LogP contribution in [0.25, 0.3) is 0 Å². The Labute approximate surface area is 102 Å². The van der Waals surface area contributed by atoms with Crippen LogP contribution in [0.15, 0.2) is 29.2 Å². The van der Waals surface area contributed by atoms with Gasteiger partial charge in [0.15, 0.2) is 0 Å². The molecule has 0 unspecified atom stereocenters. The van der Waals surface area contributed by atoms with Gasteiger partial charge in [-0.1, -0.05) is 25.0 Å². The van der Waals surface area contributed by atoms with E-state index in [9.17, 15) is 0 Å². The van der Waals surface area contributed by atoms with Crippen molar-refractivity contribution in [1.82, 2.24) is 0 Å². The summed E-state index contributed by atoms with van der Waals surface area (Å²) in [4.78, 5) is 1.21. The van der Waals surface area contributed by atoms with Crippen LogP contribution in [0.1, 0.15) is 25.7 Å². The predicted octanol–water partition coefficient (Wildman–Crippen LogP) is 3.34. The zero-order valence-corrected chi connectivity index (χ0v) is 10.6. The minimum Gasteiger partial charge on any atom is -0.496 e. The molecule has 90 valence electrons. The molecule has 16 heavy (non-hydrogen) atoms. The minimum absolute atomic E-state index is 0.319. The normalized spacial score (nSPS) is 10.4. The van der Waals surface area contributed by atoms with Gasteiger partial charge in [-0.25, -0.2) is 0 Å². The smallest absolute Gasteiger partial charge is 0.132 e. The molecule has 0 saturated heterocycles. The van der Waals surface area contributed by atoms with Crippen molar-refractivity contribution >= 4 is 11.8 Å². The summed E-state index contributed by atoms with van der Waals surface area (Å²) in [6.07, 6.45) is 4.45. The molecule has 2 nitrogen and oxygen atoms in total. The van der Waals surface area contributed by atoms with Crippen molar-refractivity contribution in [2.24, 2.45) is 0 Å². The minimum atomic E-state index is 0.319. The van der Waals surface area contributed by atoms with Gasteiger partial charge in [-0.05, 0) is 30.7 Å². The van der Waals surface area contributed by atoms with Gasteiger partial charge in [0.05, 0.1) is 7.11 Å². The maximum atomic E-state index is 8.65. The standard InChI is InChI=1S/C13H20O2S/c1-15-12-8-4-5-9-13(12)16-11-7-3-2-6-10-14/h4-5,8-9,14H,2-3,6-7,10-11H2,1H3. The molecule has 0 radical (unpaired) electrons. The third kappa shape index (κ3) is 4.90. The van der Waals surface area contributed by atoms with Gasteiger partial charge in [-0.2, -0.15) is 0 Å². The van der Waals surface area contributed by atoms with E-state index in [-0.39, 0.29) is 0 Å². The van der Waals surface area contributed by atoms with Crippen molar-refractivity contribution in [2.45, 2.75) is 30.6 Å². The second kappa shape index (κ2) is 8.48. The lowest BCUT2D eigenvalue weighted by Gasteiger charge is -2.07. The van der Waals surface area contributed by atoms with Crippen LogP contribution in [0.2, 0.25) is 0 Å². The van der Waals surface area contributed by atoms with E-state index in [1.54, 1.807) is 7.11 Å². The van der Waals surface area contributed by atoms with Crippen LogP contribution >= 0.6 is 11.8 Å². The number of benzene rings is 1. The molecule has 0 aliphatic rings. The Kier molecular flexibility index (Phi) is 7.10. The second-order valence-electron chi connectivity index (χ2n) is 3.64. The van der Waals surface area contributed by atoms with E-state index in [1.165, 1.54) is 17.7 Å². The van der Waals surface area contributed by atoms with E-state index >= 15 is 0 Å². The van der Waals surface area contributed by atoms with Crippen molar-refractivity contribution in [3.63, 3.8) is 0 Å². The molecule has 0 amide bonds. The lowest BCUT2D eigenvalue weighted by atomic mass is 10.2. The third-order valence-corrected chi connectivity index (χ3v) is 3.52. The van der Waals surface area contributed by atoms with Crippen LogP contribution < -0.4 is 4.74 Å². The highest BCUT2D eigenvalue weighted by atomic mass is 32.2. The first-order valence-corrected chi connectivity index (χ1v) is 6.73. The Morgan fingerprint density at radius 2 is 1.88 bits per heavy atom. The fraction of sp³-hybridized carbons (Fsp3) is 0.538. The van der Waals surface area contributed by atoms with Crippen LogP contribution in [-0.2, 0) is 0 Å². The van der Waals surface area contributed by atoms with E-state index < -0.39 is 0 Å². The highest BCUT2D eigenvalue weighted by Crippen LogP contribution is 2.29. The number of unbranched alkanes of at least 4 members (excludes halogenated alkanes) is 3. The Morgan fingerprint density at radius 3 is 2.62 bits per heavy atom. The van der Waals surface area contributed by atoms with Crippen LogP contribution in [0.5, 0.6) is 5.75 Å². The maximum absolute atomic E-state index is 8.65. The summed E-state index contributed by atoms with van der Waals surface area (Å²) in [5.74, 6) is 2.08. The number of rotatable bonds is 8. The summed E-state index contributed by atoms with van der Waals surface area (Å²) < 4.78 is 5.29. The maximum Gasteiger partial charge on any atom is 0.132 e. The summed E-state index contributed by atoms with van der Waals surface area (Å²) in [5.41, 5.74) is 0. The number of methoxy groups -OCH3 is 1. The van der Waals surface area contributed by atoms with Gasteiger partial charge in [0.25, 0.3) is 0 Å². The summed E-state index contributed by atoms with van der Waals surface area (Å²) in [5, 5.41) is 8.65. The van der Waals surface area contributed by atoms with Gasteiger partial charge in [-0.3, -0.25) is 0 Å². The number of ether oxygens (including phenoxy) is 1. The Bertz CT molecular complexity index is 289. The highest BCUT2D eigenvalue weighted by Gasteiger charge is 2.01. The Morgan fingerprint density at radius 1 is 1.12 bits per heavy atom. The fourth-order valence-electron chi connectivity index (χ4n) is 1.49. The van der Waals surface area contributed by atoms with E-state index in [1.807, 2.05) is 30.0 Å². The average molecular weight is 240 g/mol. The first-order valence-electron chi connectivity index (χ1n) is 5.75. The molecule has 1 aromatic carbocycles. The average Bonchev–Trinajstić information content (AvgIpc) is 2.34. The highest BCUT2D eigenvalue weighted by molar-refractivity contribution is 7.99. The molecule has 0 bridgehead atoms. The van der Waals surface area contributed by atoms with E-state index in [4.69, 9.17) is 9.84 Å². The SMILES string of the molecule is COc1ccccc1SCCCCCCO. The van der Waals surface area contributed by atoms with E-state index in [0.717, 1.165) is 24.3 Å². The van der Waals surface area contributed by atoms with Gasteiger partial charge in [0.1, 0.15) is 5.75 Å². The third-order valence-electron chi connectivity index (χ3n) is 2.38. The number of hydrogen-bond donors (Lipinski definition) is 1. The fourth-order valence-corrected chi connectivity index (χ4v) is 2.52. The molecule has 0 heterocycles. The van der Waals surface area contributed by atoms with Gasteiger partial charge < -0.3 is 9.84 Å². The van der Waals surface area contributed by atoms with Gasteiger partial charge in [0, 0.05) is 11.5 Å². The predicted molar refractivity (Wildman–Crippen MR) is 69.3 cm³/mol. The molecular formula is C13H20O2S. The van der Waals surface area contributed by atoms with Crippen molar-refractivity contribution in [2.75, 3.05) is 19.5 Å². The molecule has 0 aliphatic carbocycles. The zero-order valence-electron chi connectivity index (χ0n) is 9.82. The molecule has 1 aromatic rings. The molecular weight excluding hydrogens is 220 g/mol. The van der Waals surface area contributed by atoms with Crippen LogP contribution in [0, 0.1) is 0 Å². The molecule has 3 heteroatoms. The number of para-hydroxylation sites is 1. The van der Waals surface area contributed by atoms with Crippen molar-refractivity contribution in [3.05, 3.63) is 24.3 Å². The van der Waals surface area contributed by atoms with Crippen molar-refractivity contribution in [3.8, 4) is 5.75 Å². The topological polar surface area (TPSA) is 29.5 Å². The monoisotopic (exact) mass is 240 g/mol. The van der Waals surface area contributed by atoms with Gasteiger partial charge in [-0.15, -0.1) is 11.8 Å². The van der Waals surface area contributed by atoms with Gasteiger partial charge in [0.2, 0.25) is 0 Å². The molecule has 0 aromatic heterocycles. The Balaban J connectivity index is 2.21. The molecule has 0 fully saturated rings. The number of hydrogen-bond acceptors (Lipinski definition) is 3. The molecule has 0 saturated carbocycles. The van der Waals surface area contributed by atoms with E-state index in [2.05, 4.69) is 6.07 Å². The number of thioether (sulfide) groups is 1. The molecule has 0 atom stereocenters. The number of aliphatic hydroxyl groups excluding tert-OH is 1. The summed E-state index contributed by atoms with van der Waals surface area (Å²) >= 11 is 1.84. The summed E-state index contributed by atoms with van der Waals surface area (Å²) in [6.45, 7) is 0.319. The van der Waals surface area contributed by atoms with E-state index in [0.29, 0.717) is 6.61 Å². The molecule has 1 N–H and O–H groups in total. The van der Waals surface area contributed by atoms with Crippen molar-refractivity contribution < 1.29 is 9.84 Å². The van der Waals surface area contributed by atoms with Crippen molar-refractivity contribution in [1.29, 1.82) is 0 Å². The molecule has 1 rings (SSSR count). The summed E-state index contributed by atoms with van der Waals surface area (Å²) in [6, 6.07) is 8.12. The summed E-state index contributed by atoms with van der Waals surface area (Å²) in [7, 11) is 1.71. The lowest BCUT2D eigenvalue weighted by Crippen LogP contribution is -1.88. The zero-order chi connectivity index (χ0) is 11.6. The van der Waals surface area contributed by atoms with Crippen LogP contribution in [0.3, 0.4) is 0 Å². The lowest BCUT2D eigenvalue weighted by molar-refractivity contribution is 0.283. The largest absolute Gasteiger partial charge is 0.496 e. The van der Waals surface area contributed by atoms with Gasteiger partial charge >= 0.3 is 0 Å². The Hall–Kier alpha value is -0.670. The molecule has 0 aliphatic heterocycles. The van der Waals surface area contributed by atoms with Crippen LogP contribution in [0.4, 0.5) is 0 Å².